The molecule has 2 fully saturated rings. The lowest BCUT2D eigenvalue weighted by molar-refractivity contribution is 0.162. The maximum absolute atomic E-state index is 13.3. The van der Waals surface area contributed by atoms with Gasteiger partial charge in [-0.1, -0.05) is 25.7 Å². The van der Waals surface area contributed by atoms with Crippen molar-refractivity contribution in [2.45, 2.75) is 51.0 Å². The molecule has 2 aliphatic rings. The summed E-state index contributed by atoms with van der Waals surface area (Å²) in [6.45, 7) is 0. The van der Waals surface area contributed by atoms with Crippen LogP contribution >= 0.6 is 0 Å². The minimum absolute atomic E-state index is 0.276. The van der Waals surface area contributed by atoms with E-state index in [1.165, 1.54) is 57.1 Å². The number of aromatic hydroxyl groups is 1. The molecule has 0 saturated heterocycles. The molecule has 2 N–H and O–H groups in total. The molecule has 3 atom stereocenters. The first-order chi connectivity index (χ1) is 9.22. The molecule has 3 rings (SSSR count). The maximum atomic E-state index is 13.3. The molecule has 19 heavy (non-hydrogen) atoms. The van der Waals surface area contributed by atoms with E-state index in [2.05, 4.69) is 5.32 Å². The topological polar surface area (TPSA) is 32.3 Å². The Morgan fingerprint density at radius 1 is 1.05 bits per heavy atom. The molecule has 3 heteroatoms. The normalized spacial score (nSPS) is 30.7. The van der Waals surface area contributed by atoms with E-state index in [1.54, 1.807) is 6.07 Å². The molecule has 0 aromatic heterocycles. The van der Waals surface area contributed by atoms with Crippen molar-refractivity contribution in [2.75, 3.05) is 5.32 Å². The molecule has 0 amide bonds. The van der Waals surface area contributed by atoms with Crippen LogP contribution in [0.4, 0.5) is 10.1 Å². The zero-order valence-corrected chi connectivity index (χ0v) is 11.2. The summed E-state index contributed by atoms with van der Waals surface area (Å²) in [6.07, 6.45) is 9.27. The Labute approximate surface area is 114 Å². The van der Waals surface area contributed by atoms with Gasteiger partial charge in [0.25, 0.3) is 0 Å². The van der Waals surface area contributed by atoms with Crippen LogP contribution < -0.4 is 5.32 Å². The third-order valence-corrected chi connectivity index (χ3v) is 4.86. The van der Waals surface area contributed by atoms with Crippen molar-refractivity contribution in [3.63, 3.8) is 0 Å². The van der Waals surface area contributed by atoms with E-state index >= 15 is 0 Å². The lowest BCUT2D eigenvalue weighted by Gasteiger charge is -2.39. The molecule has 0 heterocycles. The zero-order valence-electron chi connectivity index (χ0n) is 11.2. The summed E-state index contributed by atoms with van der Waals surface area (Å²) in [6, 6.07) is 5.03. The van der Waals surface area contributed by atoms with E-state index in [-0.39, 0.29) is 5.75 Å². The van der Waals surface area contributed by atoms with Crippen LogP contribution in [0.5, 0.6) is 5.75 Å². The number of anilines is 1. The molecule has 2 nitrogen and oxygen atoms in total. The molecule has 2 aliphatic carbocycles. The molecule has 1 aromatic carbocycles. The summed E-state index contributed by atoms with van der Waals surface area (Å²) in [5.74, 6) is 0.975. The summed E-state index contributed by atoms with van der Waals surface area (Å²) in [5, 5.41) is 12.6. The number of phenolic OH excluding ortho intramolecular Hbond substituents is 1. The van der Waals surface area contributed by atoms with Crippen molar-refractivity contribution in [1.82, 2.24) is 0 Å². The highest BCUT2D eigenvalue weighted by Gasteiger charge is 2.32. The average molecular weight is 263 g/mol. The highest BCUT2D eigenvalue weighted by Crippen LogP contribution is 2.41. The van der Waals surface area contributed by atoms with Crippen LogP contribution in [0.2, 0.25) is 0 Å². The molecule has 0 aliphatic heterocycles. The number of phenols is 1. The third kappa shape index (κ3) is 2.85. The smallest absolute Gasteiger partial charge is 0.166 e. The molecule has 2 saturated carbocycles. The highest BCUT2D eigenvalue weighted by molar-refractivity contribution is 5.47. The first-order valence-electron chi connectivity index (χ1n) is 7.47. The van der Waals surface area contributed by atoms with Gasteiger partial charge in [-0.05, 0) is 43.2 Å². The molecular weight excluding hydrogens is 241 g/mol. The van der Waals surface area contributed by atoms with Gasteiger partial charge in [0, 0.05) is 17.8 Å². The van der Waals surface area contributed by atoms with Crippen LogP contribution in [-0.4, -0.2) is 11.1 Å². The van der Waals surface area contributed by atoms with E-state index < -0.39 is 5.82 Å². The number of halogens is 1. The average Bonchev–Trinajstić information content (AvgIpc) is 2.43. The molecule has 1 aromatic rings. The van der Waals surface area contributed by atoms with E-state index in [1.807, 2.05) is 0 Å². The lowest BCUT2D eigenvalue weighted by Crippen LogP contribution is -2.34. The van der Waals surface area contributed by atoms with Crippen molar-refractivity contribution < 1.29 is 9.50 Å². The second-order valence-electron chi connectivity index (χ2n) is 6.13. The maximum Gasteiger partial charge on any atom is 0.166 e. The molecule has 0 bridgehead atoms. The fraction of sp³-hybridized carbons (Fsp3) is 0.625. The Hall–Kier alpha value is -1.25. The van der Waals surface area contributed by atoms with Gasteiger partial charge in [-0.3, -0.25) is 0 Å². The summed E-state index contributed by atoms with van der Waals surface area (Å²) in [4.78, 5) is 0. The number of rotatable bonds is 2. The quantitative estimate of drug-likeness (QED) is 0.780. The van der Waals surface area contributed by atoms with Crippen LogP contribution in [0.25, 0.3) is 0 Å². The number of nitrogens with one attached hydrogen (secondary N) is 1. The predicted octanol–water partition coefficient (Wildman–Crippen LogP) is 4.30. The van der Waals surface area contributed by atoms with Crippen molar-refractivity contribution in [3.05, 3.63) is 24.0 Å². The Bertz CT molecular complexity index is 448. The van der Waals surface area contributed by atoms with Gasteiger partial charge in [0.1, 0.15) is 0 Å². The highest BCUT2D eigenvalue weighted by atomic mass is 19.1. The van der Waals surface area contributed by atoms with Gasteiger partial charge in [-0.2, -0.15) is 0 Å². The second kappa shape index (κ2) is 5.40. The van der Waals surface area contributed by atoms with E-state index in [4.69, 9.17) is 0 Å². The Balaban J connectivity index is 1.62. The van der Waals surface area contributed by atoms with Crippen molar-refractivity contribution in [1.29, 1.82) is 0 Å². The summed E-state index contributed by atoms with van der Waals surface area (Å²) >= 11 is 0. The molecule has 0 radical (unpaired) electrons. The number of hydrogen-bond acceptors (Lipinski definition) is 2. The summed E-state index contributed by atoms with van der Waals surface area (Å²) in [7, 11) is 0. The van der Waals surface area contributed by atoms with Gasteiger partial charge in [0.05, 0.1) is 0 Å². The van der Waals surface area contributed by atoms with Crippen LogP contribution in [0.15, 0.2) is 18.2 Å². The van der Waals surface area contributed by atoms with Gasteiger partial charge < -0.3 is 10.4 Å². The van der Waals surface area contributed by atoms with E-state index in [9.17, 15) is 9.50 Å². The van der Waals surface area contributed by atoms with Gasteiger partial charge >= 0.3 is 0 Å². The standard InChI is InChI=1S/C16H22FNO/c17-15-10-14(7-8-16(15)19)18-13-6-5-11-3-1-2-4-12(11)9-13/h7-8,10-13,18-19H,1-6,9H2. The fourth-order valence-electron chi connectivity index (χ4n) is 3.84. The largest absolute Gasteiger partial charge is 0.505 e. The van der Waals surface area contributed by atoms with Crippen molar-refractivity contribution in [2.24, 2.45) is 11.8 Å². The van der Waals surface area contributed by atoms with Crippen LogP contribution in [0.1, 0.15) is 44.9 Å². The van der Waals surface area contributed by atoms with Crippen molar-refractivity contribution >= 4 is 5.69 Å². The summed E-state index contributed by atoms with van der Waals surface area (Å²) < 4.78 is 13.3. The zero-order chi connectivity index (χ0) is 13.2. The molecular formula is C16H22FNO. The van der Waals surface area contributed by atoms with Gasteiger partial charge in [0.2, 0.25) is 0 Å². The second-order valence-corrected chi connectivity index (χ2v) is 6.13. The number of benzene rings is 1. The Kier molecular flexibility index (Phi) is 3.63. The number of hydrogen-bond donors (Lipinski definition) is 2. The van der Waals surface area contributed by atoms with Gasteiger partial charge in [0.15, 0.2) is 11.6 Å². The molecule has 3 unspecified atom stereocenters. The van der Waals surface area contributed by atoms with Crippen LogP contribution in [0.3, 0.4) is 0 Å². The minimum Gasteiger partial charge on any atom is -0.505 e. The lowest BCUT2D eigenvalue weighted by atomic mass is 9.69. The summed E-state index contributed by atoms with van der Waals surface area (Å²) in [5.41, 5.74) is 0.787. The van der Waals surface area contributed by atoms with Gasteiger partial charge in [-0.15, -0.1) is 0 Å². The van der Waals surface area contributed by atoms with Crippen molar-refractivity contribution in [3.8, 4) is 5.75 Å². The Morgan fingerprint density at radius 3 is 2.63 bits per heavy atom. The van der Waals surface area contributed by atoms with Crippen LogP contribution in [-0.2, 0) is 0 Å². The first-order valence-corrected chi connectivity index (χ1v) is 7.47. The van der Waals surface area contributed by atoms with E-state index in [0.717, 1.165) is 17.5 Å². The third-order valence-electron chi connectivity index (χ3n) is 4.86. The SMILES string of the molecule is Oc1ccc(NC2CCC3CCCCC3C2)cc1F. The fourth-order valence-corrected chi connectivity index (χ4v) is 3.84. The molecule has 104 valence electrons. The monoisotopic (exact) mass is 263 g/mol. The van der Waals surface area contributed by atoms with Gasteiger partial charge in [-0.25, -0.2) is 4.39 Å². The number of fused-ring (bicyclic) bond motifs is 1. The predicted molar refractivity (Wildman–Crippen MR) is 74.8 cm³/mol. The van der Waals surface area contributed by atoms with Crippen LogP contribution in [0, 0.1) is 17.7 Å². The first kappa shape index (κ1) is 12.8. The molecule has 0 spiro atoms. The van der Waals surface area contributed by atoms with E-state index in [0.29, 0.717) is 6.04 Å². The minimum atomic E-state index is -0.545. The Morgan fingerprint density at radius 2 is 1.84 bits per heavy atom.